The SMILES string of the molecule is CCCc1c(NC)ncnc1NCCCN(CC)CC. The van der Waals surface area contributed by atoms with Crippen LogP contribution in [0.1, 0.15) is 39.2 Å². The lowest BCUT2D eigenvalue weighted by atomic mass is 10.1. The van der Waals surface area contributed by atoms with Gasteiger partial charge >= 0.3 is 0 Å². The molecule has 1 rings (SSSR count). The molecule has 114 valence electrons. The third-order valence-electron chi connectivity index (χ3n) is 3.52. The third kappa shape index (κ3) is 4.96. The highest BCUT2D eigenvalue weighted by Crippen LogP contribution is 2.21. The molecule has 0 atom stereocenters. The summed E-state index contributed by atoms with van der Waals surface area (Å²) in [6.07, 6.45) is 4.84. The molecule has 0 spiro atoms. The van der Waals surface area contributed by atoms with Gasteiger partial charge in [0.2, 0.25) is 0 Å². The van der Waals surface area contributed by atoms with E-state index in [9.17, 15) is 0 Å². The van der Waals surface area contributed by atoms with Gasteiger partial charge in [-0.25, -0.2) is 9.97 Å². The summed E-state index contributed by atoms with van der Waals surface area (Å²) >= 11 is 0. The number of nitrogens with zero attached hydrogens (tertiary/aromatic N) is 3. The van der Waals surface area contributed by atoms with Crippen LogP contribution in [0.2, 0.25) is 0 Å². The van der Waals surface area contributed by atoms with E-state index in [0.717, 1.165) is 57.1 Å². The lowest BCUT2D eigenvalue weighted by molar-refractivity contribution is 0.303. The fourth-order valence-corrected chi connectivity index (χ4v) is 2.32. The average Bonchev–Trinajstić information content (AvgIpc) is 2.49. The molecule has 0 bridgehead atoms. The maximum absolute atomic E-state index is 4.39. The molecule has 0 aliphatic rings. The molecule has 0 fully saturated rings. The molecule has 0 aliphatic carbocycles. The lowest BCUT2D eigenvalue weighted by Crippen LogP contribution is -2.25. The number of anilines is 2. The Hall–Kier alpha value is -1.36. The Kier molecular flexibility index (Phi) is 7.95. The van der Waals surface area contributed by atoms with E-state index in [1.807, 2.05) is 7.05 Å². The number of rotatable bonds is 10. The van der Waals surface area contributed by atoms with E-state index in [2.05, 4.69) is 46.3 Å². The molecule has 0 saturated carbocycles. The van der Waals surface area contributed by atoms with Crippen LogP contribution in [0.15, 0.2) is 6.33 Å². The minimum Gasteiger partial charge on any atom is -0.373 e. The molecule has 0 aliphatic heterocycles. The molecule has 1 aromatic heterocycles. The van der Waals surface area contributed by atoms with E-state index in [0.29, 0.717) is 0 Å². The number of aromatic nitrogens is 2. The minimum atomic E-state index is 0.938. The van der Waals surface area contributed by atoms with E-state index in [4.69, 9.17) is 0 Å². The van der Waals surface area contributed by atoms with Gasteiger partial charge in [0, 0.05) is 19.2 Å². The Morgan fingerprint density at radius 2 is 1.80 bits per heavy atom. The molecule has 0 amide bonds. The van der Waals surface area contributed by atoms with Crippen molar-refractivity contribution in [1.82, 2.24) is 14.9 Å². The van der Waals surface area contributed by atoms with Crippen molar-refractivity contribution in [3.63, 3.8) is 0 Å². The second-order valence-corrected chi connectivity index (χ2v) is 4.86. The summed E-state index contributed by atoms with van der Waals surface area (Å²) in [6.45, 7) is 10.9. The van der Waals surface area contributed by atoms with Gasteiger partial charge in [-0.05, 0) is 32.5 Å². The van der Waals surface area contributed by atoms with E-state index in [-0.39, 0.29) is 0 Å². The maximum Gasteiger partial charge on any atom is 0.134 e. The highest BCUT2D eigenvalue weighted by atomic mass is 15.1. The molecule has 0 saturated heterocycles. The fourth-order valence-electron chi connectivity index (χ4n) is 2.32. The summed E-state index contributed by atoms with van der Waals surface area (Å²) in [5.74, 6) is 1.92. The predicted molar refractivity (Wildman–Crippen MR) is 86.5 cm³/mol. The Morgan fingerprint density at radius 1 is 1.10 bits per heavy atom. The molecule has 5 heteroatoms. The van der Waals surface area contributed by atoms with Crippen molar-refractivity contribution in [3.8, 4) is 0 Å². The van der Waals surface area contributed by atoms with Gasteiger partial charge in [0.25, 0.3) is 0 Å². The molecule has 1 heterocycles. The van der Waals surface area contributed by atoms with Crippen molar-refractivity contribution in [2.75, 3.05) is 43.9 Å². The highest BCUT2D eigenvalue weighted by molar-refractivity contribution is 5.57. The van der Waals surface area contributed by atoms with Crippen LogP contribution < -0.4 is 10.6 Å². The molecule has 0 aromatic carbocycles. The quantitative estimate of drug-likeness (QED) is 0.645. The summed E-state index contributed by atoms with van der Waals surface area (Å²) in [7, 11) is 1.91. The van der Waals surface area contributed by atoms with Crippen LogP contribution in [-0.4, -0.2) is 48.1 Å². The summed E-state index contributed by atoms with van der Waals surface area (Å²) < 4.78 is 0. The second-order valence-electron chi connectivity index (χ2n) is 4.86. The first kappa shape index (κ1) is 16.7. The monoisotopic (exact) mass is 279 g/mol. The predicted octanol–water partition coefficient (Wildman–Crippen LogP) is 2.61. The van der Waals surface area contributed by atoms with Crippen LogP contribution in [0.5, 0.6) is 0 Å². The van der Waals surface area contributed by atoms with Crippen molar-refractivity contribution in [3.05, 3.63) is 11.9 Å². The fraction of sp³-hybridized carbons (Fsp3) is 0.733. The van der Waals surface area contributed by atoms with Crippen molar-refractivity contribution in [2.45, 2.75) is 40.0 Å². The Labute approximate surface area is 123 Å². The van der Waals surface area contributed by atoms with Crippen molar-refractivity contribution < 1.29 is 0 Å². The van der Waals surface area contributed by atoms with Crippen LogP contribution in [-0.2, 0) is 6.42 Å². The molecule has 20 heavy (non-hydrogen) atoms. The van der Waals surface area contributed by atoms with Gasteiger partial charge in [0.15, 0.2) is 0 Å². The molecule has 1 aromatic rings. The van der Waals surface area contributed by atoms with Gasteiger partial charge in [-0.3, -0.25) is 0 Å². The van der Waals surface area contributed by atoms with Crippen molar-refractivity contribution in [2.24, 2.45) is 0 Å². The van der Waals surface area contributed by atoms with Gasteiger partial charge in [0.05, 0.1) is 0 Å². The Bertz CT molecular complexity index is 377. The maximum atomic E-state index is 4.39. The molecule has 5 nitrogen and oxygen atoms in total. The molecular weight excluding hydrogens is 250 g/mol. The summed E-state index contributed by atoms with van der Waals surface area (Å²) in [5, 5.41) is 6.61. The molecule has 2 N–H and O–H groups in total. The van der Waals surface area contributed by atoms with E-state index in [1.54, 1.807) is 6.33 Å². The van der Waals surface area contributed by atoms with E-state index >= 15 is 0 Å². The topological polar surface area (TPSA) is 53.1 Å². The van der Waals surface area contributed by atoms with Gasteiger partial charge in [-0.15, -0.1) is 0 Å². The normalized spacial score (nSPS) is 10.8. The number of nitrogens with one attached hydrogen (secondary N) is 2. The summed E-state index contributed by atoms with van der Waals surface area (Å²) in [4.78, 5) is 11.1. The Morgan fingerprint density at radius 3 is 2.40 bits per heavy atom. The first-order valence-electron chi connectivity index (χ1n) is 7.74. The number of hydrogen-bond donors (Lipinski definition) is 2. The number of hydrogen-bond acceptors (Lipinski definition) is 5. The standard InChI is InChI=1S/C15H29N5/c1-5-9-13-14(16-4)18-12-19-15(13)17-10-8-11-20(6-2)7-3/h12H,5-11H2,1-4H3,(H2,16,17,18,19). The Balaban J connectivity index is 2.54. The van der Waals surface area contributed by atoms with Crippen LogP contribution in [0.4, 0.5) is 11.6 Å². The zero-order valence-corrected chi connectivity index (χ0v) is 13.4. The summed E-state index contributed by atoms with van der Waals surface area (Å²) in [6, 6.07) is 0. The van der Waals surface area contributed by atoms with Gasteiger partial charge in [-0.2, -0.15) is 0 Å². The molecule has 0 unspecified atom stereocenters. The average molecular weight is 279 g/mol. The smallest absolute Gasteiger partial charge is 0.134 e. The van der Waals surface area contributed by atoms with E-state index < -0.39 is 0 Å². The minimum absolute atomic E-state index is 0.938. The molecule has 0 radical (unpaired) electrons. The van der Waals surface area contributed by atoms with Crippen LogP contribution in [0, 0.1) is 0 Å². The second kappa shape index (κ2) is 9.53. The van der Waals surface area contributed by atoms with Crippen molar-refractivity contribution >= 4 is 11.6 Å². The van der Waals surface area contributed by atoms with E-state index in [1.165, 1.54) is 5.56 Å². The van der Waals surface area contributed by atoms with Gasteiger partial charge < -0.3 is 15.5 Å². The van der Waals surface area contributed by atoms with Crippen molar-refractivity contribution in [1.29, 1.82) is 0 Å². The largest absolute Gasteiger partial charge is 0.373 e. The van der Waals surface area contributed by atoms with Gasteiger partial charge in [-0.1, -0.05) is 27.2 Å². The lowest BCUT2D eigenvalue weighted by Gasteiger charge is -2.18. The molecular formula is C15H29N5. The zero-order chi connectivity index (χ0) is 14.8. The third-order valence-corrected chi connectivity index (χ3v) is 3.52. The first-order valence-corrected chi connectivity index (χ1v) is 7.74. The van der Waals surface area contributed by atoms with Crippen LogP contribution >= 0.6 is 0 Å². The van der Waals surface area contributed by atoms with Crippen LogP contribution in [0.3, 0.4) is 0 Å². The summed E-state index contributed by atoms with van der Waals surface area (Å²) in [5.41, 5.74) is 1.19. The first-order chi connectivity index (χ1) is 9.76. The highest BCUT2D eigenvalue weighted by Gasteiger charge is 2.09. The zero-order valence-electron chi connectivity index (χ0n) is 13.4. The van der Waals surface area contributed by atoms with Gasteiger partial charge in [0.1, 0.15) is 18.0 Å². The van der Waals surface area contributed by atoms with Crippen LogP contribution in [0.25, 0.3) is 0 Å².